The van der Waals surface area contributed by atoms with Gasteiger partial charge in [-0.15, -0.1) is 11.3 Å². The lowest BCUT2D eigenvalue weighted by Gasteiger charge is -2.33. The maximum absolute atomic E-state index is 13.5. The molecule has 2 fully saturated rings. The fourth-order valence-electron chi connectivity index (χ4n) is 4.68. The summed E-state index contributed by atoms with van der Waals surface area (Å²) in [5.41, 5.74) is 0. The molecule has 0 bridgehead atoms. The van der Waals surface area contributed by atoms with Gasteiger partial charge in [0, 0.05) is 29.9 Å². The third-order valence-electron chi connectivity index (χ3n) is 6.56. The highest BCUT2D eigenvalue weighted by atomic mass is 32.2. The van der Waals surface area contributed by atoms with Crippen molar-refractivity contribution in [2.45, 2.75) is 71.3 Å². The first kappa shape index (κ1) is 25.0. The van der Waals surface area contributed by atoms with Gasteiger partial charge in [-0.1, -0.05) is 6.92 Å². The number of ether oxygens (including phenoxy) is 1. The lowest BCUT2D eigenvalue weighted by molar-refractivity contribution is -0.123. The van der Waals surface area contributed by atoms with Crippen molar-refractivity contribution in [2.24, 2.45) is 11.8 Å². The van der Waals surface area contributed by atoms with Gasteiger partial charge in [-0.2, -0.15) is 0 Å². The van der Waals surface area contributed by atoms with Crippen LogP contribution in [0.4, 0.5) is 9.80 Å². The van der Waals surface area contributed by atoms with Crippen LogP contribution in [0.3, 0.4) is 0 Å². The zero-order chi connectivity index (χ0) is 23.6. The molecular formula is C22H34N2O6S2. The van der Waals surface area contributed by atoms with Gasteiger partial charge in [0.05, 0.1) is 6.26 Å². The molecule has 32 heavy (non-hydrogen) atoms. The number of carbonyl (C=O) groups is 2. The number of hydrogen-bond donors (Lipinski definition) is 1. The van der Waals surface area contributed by atoms with Crippen molar-refractivity contribution in [3.8, 4) is 5.75 Å². The molecule has 10 heteroatoms. The minimum atomic E-state index is -3.22. The van der Waals surface area contributed by atoms with E-state index < -0.39 is 16.2 Å². The Balaban J connectivity index is 1.87. The van der Waals surface area contributed by atoms with Gasteiger partial charge in [0.1, 0.15) is 5.00 Å². The monoisotopic (exact) mass is 486 g/mol. The average Bonchev–Trinajstić information content (AvgIpc) is 3.10. The number of amides is 1. The summed E-state index contributed by atoms with van der Waals surface area (Å²) in [5.74, 6) is 0.887. The van der Waals surface area contributed by atoms with E-state index in [1.165, 1.54) is 21.9 Å². The fourth-order valence-corrected chi connectivity index (χ4v) is 6.95. The summed E-state index contributed by atoms with van der Waals surface area (Å²) in [7, 11) is -3.22. The number of rotatable bonds is 6. The molecule has 0 atom stereocenters. The highest BCUT2D eigenvalue weighted by Crippen LogP contribution is 2.45. The molecule has 1 N–H and O–H groups in total. The molecule has 1 aromatic rings. The summed E-state index contributed by atoms with van der Waals surface area (Å²) >= 11 is 1.39. The number of sulfonamides is 1. The SMILES string of the molecule is CC(C)N(c1sc(C2CCN(S(C)(=O)=O)CC2)cc1OC(=O)O)C(=O)[C@H]1CC[C@H](C)CC1. The van der Waals surface area contributed by atoms with Gasteiger partial charge >= 0.3 is 6.16 Å². The van der Waals surface area contributed by atoms with Gasteiger partial charge in [-0.05, 0) is 70.3 Å². The highest BCUT2D eigenvalue weighted by molar-refractivity contribution is 7.88. The van der Waals surface area contributed by atoms with Crippen LogP contribution in [0.15, 0.2) is 6.07 Å². The molecule has 1 saturated carbocycles. The molecule has 2 aliphatic rings. The molecule has 0 spiro atoms. The number of carbonyl (C=O) groups excluding carboxylic acids is 1. The Morgan fingerprint density at radius 1 is 1.16 bits per heavy atom. The molecule has 0 unspecified atom stereocenters. The van der Waals surface area contributed by atoms with Crippen LogP contribution in [-0.2, 0) is 14.8 Å². The molecule has 3 rings (SSSR count). The minimum Gasteiger partial charge on any atom is -0.449 e. The molecule has 180 valence electrons. The Bertz CT molecular complexity index is 926. The van der Waals surface area contributed by atoms with Crippen molar-refractivity contribution in [3.05, 3.63) is 10.9 Å². The van der Waals surface area contributed by atoms with Crippen LogP contribution in [0.1, 0.15) is 70.1 Å². The van der Waals surface area contributed by atoms with Crippen LogP contribution in [0.25, 0.3) is 0 Å². The van der Waals surface area contributed by atoms with Gasteiger partial charge in [0.15, 0.2) is 5.75 Å². The van der Waals surface area contributed by atoms with Gasteiger partial charge in [-0.25, -0.2) is 17.5 Å². The molecule has 8 nitrogen and oxygen atoms in total. The van der Waals surface area contributed by atoms with Crippen molar-refractivity contribution >= 4 is 38.4 Å². The molecule has 1 aliphatic carbocycles. The lowest BCUT2D eigenvalue weighted by atomic mass is 9.82. The smallest absolute Gasteiger partial charge is 0.449 e. The minimum absolute atomic E-state index is 0.0300. The third kappa shape index (κ3) is 5.82. The molecule has 0 aromatic carbocycles. The van der Waals surface area contributed by atoms with Gasteiger partial charge in [-0.3, -0.25) is 9.69 Å². The van der Waals surface area contributed by atoms with Crippen LogP contribution in [0.2, 0.25) is 0 Å². The number of hydrogen-bond acceptors (Lipinski definition) is 6. The first-order valence-electron chi connectivity index (χ1n) is 11.3. The van der Waals surface area contributed by atoms with Crippen molar-refractivity contribution in [3.63, 3.8) is 0 Å². The average molecular weight is 487 g/mol. The van der Waals surface area contributed by atoms with E-state index in [9.17, 15) is 23.1 Å². The molecule has 1 amide bonds. The predicted octanol–water partition coefficient (Wildman–Crippen LogP) is 4.51. The summed E-state index contributed by atoms with van der Waals surface area (Å²) in [6, 6.07) is 1.58. The van der Waals surface area contributed by atoms with Crippen molar-refractivity contribution in [1.82, 2.24) is 4.31 Å². The normalized spacial score (nSPS) is 23.3. The second-order valence-electron chi connectivity index (χ2n) is 9.38. The van der Waals surface area contributed by atoms with Gasteiger partial charge in [0.2, 0.25) is 15.9 Å². The van der Waals surface area contributed by atoms with Crippen LogP contribution in [-0.4, -0.2) is 55.3 Å². The van der Waals surface area contributed by atoms with Crippen LogP contribution >= 0.6 is 11.3 Å². The third-order valence-corrected chi connectivity index (χ3v) is 9.14. The first-order valence-corrected chi connectivity index (χ1v) is 14.0. The number of thiophene rings is 1. The summed E-state index contributed by atoms with van der Waals surface area (Å²) in [4.78, 5) is 27.5. The Morgan fingerprint density at radius 3 is 2.25 bits per heavy atom. The predicted molar refractivity (Wildman–Crippen MR) is 125 cm³/mol. The number of piperidine rings is 1. The Kier molecular flexibility index (Phi) is 7.88. The first-order chi connectivity index (χ1) is 15.0. The van der Waals surface area contributed by atoms with Crippen molar-refractivity contribution in [2.75, 3.05) is 24.2 Å². The van der Waals surface area contributed by atoms with E-state index in [4.69, 9.17) is 4.74 Å². The largest absolute Gasteiger partial charge is 0.511 e. The Hall–Kier alpha value is -1.65. The van der Waals surface area contributed by atoms with Gasteiger partial charge < -0.3 is 9.84 Å². The number of anilines is 1. The van der Waals surface area contributed by atoms with E-state index in [0.29, 0.717) is 36.9 Å². The maximum Gasteiger partial charge on any atom is 0.511 e. The topological polar surface area (TPSA) is 104 Å². The van der Waals surface area contributed by atoms with Crippen molar-refractivity contribution < 1.29 is 27.9 Å². The summed E-state index contributed by atoms with van der Waals surface area (Å²) < 4.78 is 30.2. The molecule has 1 aliphatic heterocycles. The van der Waals surface area contributed by atoms with E-state index in [-0.39, 0.29) is 29.5 Å². The van der Waals surface area contributed by atoms with Crippen LogP contribution in [0.5, 0.6) is 5.75 Å². The Labute approximate surface area is 194 Å². The second kappa shape index (κ2) is 10.1. The standard InChI is InChI=1S/C22H34N2O6S2/c1-14(2)24(20(25)17-7-5-15(3)6-8-17)21-18(30-22(26)27)13-19(31-21)16-9-11-23(12-10-16)32(4,28)29/h13-17H,5-12H2,1-4H3,(H,26,27)/t15-,17-. The highest BCUT2D eigenvalue weighted by Gasteiger charge is 2.35. The molecular weight excluding hydrogens is 452 g/mol. The fraction of sp³-hybridized carbons (Fsp3) is 0.727. The number of nitrogens with zero attached hydrogens (tertiary/aromatic N) is 2. The second-order valence-corrected chi connectivity index (χ2v) is 12.4. The molecule has 0 radical (unpaired) electrons. The van der Waals surface area contributed by atoms with E-state index in [1.807, 2.05) is 13.8 Å². The zero-order valence-corrected chi connectivity index (χ0v) is 20.9. The van der Waals surface area contributed by atoms with Crippen LogP contribution < -0.4 is 9.64 Å². The van der Waals surface area contributed by atoms with Gasteiger partial charge in [0.25, 0.3) is 0 Å². The van der Waals surface area contributed by atoms with Crippen molar-refractivity contribution in [1.29, 1.82) is 0 Å². The van der Waals surface area contributed by atoms with E-state index in [2.05, 4.69) is 6.92 Å². The molecule has 2 heterocycles. The summed E-state index contributed by atoms with van der Waals surface area (Å²) in [5, 5.41) is 9.81. The molecule has 1 aromatic heterocycles. The zero-order valence-electron chi connectivity index (χ0n) is 19.2. The van der Waals surface area contributed by atoms with E-state index >= 15 is 0 Å². The summed E-state index contributed by atoms with van der Waals surface area (Å²) in [6.45, 7) is 6.92. The van der Waals surface area contributed by atoms with E-state index in [0.717, 1.165) is 30.6 Å². The lowest BCUT2D eigenvalue weighted by Crippen LogP contribution is -2.42. The maximum atomic E-state index is 13.5. The Morgan fingerprint density at radius 2 is 1.75 bits per heavy atom. The molecule has 1 saturated heterocycles. The number of carboxylic acid groups (broad SMARTS) is 1. The van der Waals surface area contributed by atoms with Crippen LogP contribution in [0, 0.1) is 11.8 Å². The summed E-state index contributed by atoms with van der Waals surface area (Å²) in [6.07, 6.45) is 4.84. The quantitative estimate of drug-likeness (QED) is 0.593. The van der Waals surface area contributed by atoms with E-state index in [1.54, 1.807) is 11.0 Å².